The zero-order chi connectivity index (χ0) is 23.1. The number of nitrogens with zero attached hydrogens (tertiary/aromatic N) is 1. The minimum atomic E-state index is -0.564. The van der Waals surface area contributed by atoms with Crippen LogP contribution in [-0.4, -0.2) is 24.1 Å². The average molecular weight is 478 g/mol. The number of hydrogen-bond acceptors (Lipinski definition) is 7. The van der Waals surface area contributed by atoms with Gasteiger partial charge >= 0.3 is 11.7 Å². The molecule has 0 unspecified atom stereocenters. The summed E-state index contributed by atoms with van der Waals surface area (Å²) >= 11 is 12.0. The Hall–Kier alpha value is -3.49. The predicted molar refractivity (Wildman–Crippen MR) is 118 cm³/mol. The molecule has 10 heteroatoms. The number of nitro groups is 1. The van der Waals surface area contributed by atoms with Gasteiger partial charge in [0.1, 0.15) is 23.0 Å². The fraction of sp³-hybridized carbons (Fsp3) is 0.136. The summed E-state index contributed by atoms with van der Waals surface area (Å²) < 4.78 is 21.5. The normalized spacial score (nSPS) is 10.3. The summed E-state index contributed by atoms with van der Waals surface area (Å²) in [6.45, 7) is 1.74. The van der Waals surface area contributed by atoms with Gasteiger partial charge in [-0.05, 0) is 55.5 Å². The Morgan fingerprint density at radius 1 is 0.906 bits per heavy atom. The molecule has 0 saturated heterocycles. The van der Waals surface area contributed by atoms with Gasteiger partial charge in [0.2, 0.25) is 5.75 Å². The Morgan fingerprint density at radius 3 is 2.22 bits per heavy atom. The van der Waals surface area contributed by atoms with Crippen molar-refractivity contribution in [3.05, 3.63) is 80.8 Å². The monoisotopic (exact) mass is 477 g/mol. The molecule has 3 aromatic rings. The number of nitro benzene ring substituents is 1. The number of esters is 1. The first-order valence-corrected chi connectivity index (χ1v) is 10.1. The van der Waals surface area contributed by atoms with E-state index in [1.807, 2.05) is 0 Å². The lowest BCUT2D eigenvalue weighted by atomic mass is 10.2. The number of benzene rings is 3. The van der Waals surface area contributed by atoms with E-state index in [2.05, 4.69) is 0 Å². The number of rotatable bonds is 9. The number of hydrogen-bond donors (Lipinski definition) is 0. The van der Waals surface area contributed by atoms with Gasteiger partial charge < -0.3 is 18.9 Å². The van der Waals surface area contributed by atoms with E-state index < -0.39 is 10.9 Å². The molecule has 0 spiro atoms. The Morgan fingerprint density at radius 2 is 1.56 bits per heavy atom. The van der Waals surface area contributed by atoms with Crippen LogP contribution in [-0.2, 0) is 9.53 Å². The molecule has 0 bridgehead atoms. The molecular weight excluding hydrogens is 461 g/mol. The molecular formula is C22H17Cl2NO7. The van der Waals surface area contributed by atoms with Crippen LogP contribution in [0.5, 0.6) is 28.7 Å². The van der Waals surface area contributed by atoms with Crippen LogP contribution in [0, 0.1) is 10.1 Å². The first kappa shape index (κ1) is 23.2. The van der Waals surface area contributed by atoms with Gasteiger partial charge in [-0.15, -0.1) is 0 Å². The summed E-state index contributed by atoms with van der Waals surface area (Å²) in [6, 6.07) is 15.0. The molecule has 3 aromatic carbocycles. The van der Waals surface area contributed by atoms with Crippen molar-refractivity contribution in [3.8, 4) is 28.7 Å². The van der Waals surface area contributed by atoms with Crippen LogP contribution < -0.4 is 14.2 Å². The molecule has 0 aliphatic carbocycles. The quantitative estimate of drug-likeness (QED) is 0.199. The van der Waals surface area contributed by atoms with Gasteiger partial charge in [0.15, 0.2) is 6.61 Å². The van der Waals surface area contributed by atoms with Gasteiger partial charge in [-0.1, -0.05) is 23.2 Å². The lowest BCUT2D eigenvalue weighted by Crippen LogP contribution is -2.14. The average Bonchev–Trinajstić information content (AvgIpc) is 2.75. The Balaban J connectivity index is 1.76. The molecule has 0 aliphatic rings. The van der Waals surface area contributed by atoms with Gasteiger partial charge in [-0.2, -0.15) is 0 Å². The summed E-state index contributed by atoms with van der Waals surface area (Å²) in [4.78, 5) is 22.2. The third kappa shape index (κ3) is 6.26. The molecule has 32 heavy (non-hydrogen) atoms. The molecule has 8 nitrogen and oxygen atoms in total. The molecule has 0 atom stereocenters. The van der Waals surface area contributed by atoms with Crippen molar-refractivity contribution < 1.29 is 28.7 Å². The van der Waals surface area contributed by atoms with E-state index in [-0.39, 0.29) is 35.4 Å². The molecule has 0 amide bonds. The maximum atomic E-state index is 11.4. The maximum Gasteiger partial charge on any atom is 0.344 e. The lowest BCUT2D eigenvalue weighted by Gasteiger charge is -2.11. The lowest BCUT2D eigenvalue weighted by molar-refractivity contribution is -0.385. The van der Waals surface area contributed by atoms with E-state index >= 15 is 0 Å². The highest BCUT2D eigenvalue weighted by Gasteiger charge is 2.18. The molecule has 0 heterocycles. The maximum absolute atomic E-state index is 11.4. The second kappa shape index (κ2) is 10.7. The molecule has 0 saturated carbocycles. The highest BCUT2D eigenvalue weighted by atomic mass is 35.5. The van der Waals surface area contributed by atoms with Crippen molar-refractivity contribution in [1.29, 1.82) is 0 Å². The second-order valence-electron chi connectivity index (χ2n) is 6.23. The van der Waals surface area contributed by atoms with Crippen LogP contribution in [0.1, 0.15) is 6.92 Å². The standard InChI is InChI=1S/C22H17Cl2NO7/c1-2-29-22(26)13-30-15-4-6-16(7-5-15)31-21-12-17(8-9-19(21)25(27)28)32-20-10-3-14(23)11-18(20)24/h3-12H,2,13H2,1H3. The summed E-state index contributed by atoms with van der Waals surface area (Å²) in [5.41, 5.74) is -0.248. The fourth-order valence-electron chi connectivity index (χ4n) is 2.55. The highest BCUT2D eigenvalue weighted by molar-refractivity contribution is 6.35. The van der Waals surface area contributed by atoms with Gasteiger partial charge in [0, 0.05) is 17.2 Å². The van der Waals surface area contributed by atoms with Crippen LogP contribution in [0.25, 0.3) is 0 Å². The van der Waals surface area contributed by atoms with E-state index in [4.69, 9.17) is 42.1 Å². The van der Waals surface area contributed by atoms with Crippen LogP contribution in [0.15, 0.2) is 60.7 Å². The van der Waals surface area contributed by atoms with Crippen LogP contribution in [0.4, 0.5) is 5.69 Å². The minimum absolute atomic E-state index is 0.0298. The summed E-state index contributed by atoms with van der Waals surface area (Å²) in [6.07, 6.45) is 0. The Bertz CT molecular complexity index is 1120. The second-order valence-corrected chi connectivity index (χ2v) is 7.07. The highest BCUT2D eigenvalue weighted by Crippen LogP contribution is 2.38. The molecule has 166 valence electrons. The summed E-state index contributed by atoms with van der Waals surface area (Å²) in [5, 5.41) is 12.2. The van der Waals surface area contributed by atoms with E-state index in [0.717, 1.165) is 0 Å². The van der Waals surface area contributed by atoms with Crippen LogP contribution >= 0.6 is 23.2 Å². The number of carbonyl (C=O) groups excluding carboxylic acids is 1. The first-order valence-electron chi connectivity index (χ1n) is 9.33. The van der Waals surface area contributed by atoms with E-state index in [1.165, 1.54) is 24.3 Å². The molecule has 0 radical (unpaired) electrons. The summed E-state index contributed by atoms with van der Waals surface area (Å²) in [7, 11) is 0. The number of carbonyl (C=O) groups is 1. The van der Waals surface area contributed by atoms with Gasteiger partial charge in [0.05, 0.1) is 16.6 Å². The zero-order valence-electron chi connectivity index (χ0n) is 16.7. The molecule has 3 rings (SSSR count). The largest absolute Gasteiger partial charge is 0.482 e. The van der Waals surface area contributed by atoms with E-state index in [1.54, 1.807) is 43.3 Å². The van der Waals surface area contributed by atoms with E-state index in [9.17, 15) is 14.9 Å². The molecule has 0 aromatic heterocycles. The SMILES string of the molecule is CCOC(=O)COc1ccc(Oc2cc(Oc3ccc(Cl)cc3Cl)ccc2[N+](=O)[O-])cc1. The van der Waals surface area contributed by atoms with Crippen LogP contribution in [0.3, 0.4) is 0 Å². The first-order chi connectivity index (χ1) is 15.4. The molecule has 0 fully saturated rings. The van der Waals surface area contributed by atoms with Gasteiger partial charge in [-0.3, -0.25) is 10.1 Å². The van der Waals surface area contributed by atoms with Crippen LogP contribution in [0.2, 0.25) is 10.0 Å². The summed E-state index contributed by atoms with van der Waals surface area (Å²) in [5.74, 6) is 0.828. The minimum Gasteiger partial charge on any atom is -0.482 e. The predicted octanol–water partition coefficient (Wildman–Crippen LogP) is 6.43. The third-order valence-corrected chi connectivity index (χ3v) is 4.49. The van der Waals surface area contributed by atoms with Gasteiger partial charge in [-0.25, -0.2) is 4.79 Å². The van der Waals surface area contributed by atoms with Crippen molar-refractivity contribution in [2.24, 2.45) is 0 Å². The van der Waals surface area contributed by atoms with Crippen molar-refractivity contribution in [2.45, 2.75) is 6.92 Å². The van der Waals surface area contributed by atoms with Gasteiger partial charge in [0.25, 0.3) is 0 Å². The fourth-order valence-corrected chi connectivity index (χ4v) is 3.00. The van der Waals surface area contributed by atoms with Crippen molar-refractivity contribution in [3.63, 3.8) is 0 Å². The zero-order valence-corrected chi connectivity index (χ0v) is 18.3. The smallest absolute Gasteiger partial charge is 0.344 e. The Labute approximate surface area is 193 Å². The number of ether oxygens (including phenoxy) is 4. The molecule has 0 aliphatic heterocycles. The topological polar surface area (TPSA) is 97.1 Å². The van der Waals surface area contributed by atoms with Crippen molar-refractivity contribution in [1.82, 2.24) is 0 Å². The Kier molecular flexibility index (Phi) is 7.75. The molecule has 0 N–H and O–H groups in total. The number of halogens is 2. The third-order valence-electron chi connectivity index (χ3n) is 3.96. The van der Waals surface area contributed by atoms with Crippen molar-refractivity contribution >= 4 is 34.9 Å². The van der Waals surface area contributed by atoms with Crippen molar-refractivity contribution in [2.75, 3.05) is 13.2 Å². The van der Waals surface area contributed by atoms with E-state index in [0.29, 0.717) is 22.3 Å².